The number of para-hydroxylation sites is 1. The average Bonchev–Trinajstić information content (AvgIpc) is 3.58. The van der Waals surface area contributed by atoms with E-state index in [9.17, 15) is 4.79 Å². The molecular formula is C25H24N4O2S. The summed E-state index contributed by atoms with van der Waals surface area (Å²) < 4.78 is 7.59. The zero-order valence-corrected chi connectivity index (χ0v) is 18.7. The molecule has 3 heterocycles. The number of nitrogens with zero attached hydrogens (tertiary/aromatic N) is 4. The van der Waals surface area contributed by atoms with Gasteiger partial charge in [-0.3, -0.25) is 9.36 Å². The maximum atomic E-state index is 12.8. The Balaban J connectivity index is 1.33. The lowest BCUT2D eigenvalue weighted by molar-refractivity contribution is 0.0788. The van der Waals surface area contributed by atoms with E-state index in [4.69, 9.17) is 4.42 Å². The van der Waals surface area contributed by atoms with E-state index in [2.05, 4.69) is 26.9 Å². The molecule has 32 heavy (non-hydrogen) atoms. The third-order valence-electron chi connectivity index (χ3n) is 5.79. The number of furan rings is 1. The summed E-state index contributed by atoms with van der Waals surface area (Å²) >= 11 is 1.69. The van der Waals surface area contributed by atoms with Gasteiger partial charge in [-0.05, 0) is 49.6 Å². The Hall–Kier alpha value is -3.32. The van der Waals surface area contributed by atoms with Crippen LogP contribution in [0, 0.1) is 12.8 Å². The molecule has 2 aromatic heterocycles. The highest BCUT2D eigenvalue weighted by Gasteiger charge is 2.28. The first-order chi connectivity index (χ1) is 15.7. The Kier molecular flexibility index (Phi) is 5.81. The van der Waals surface area contributed by atoms with E-state index in [0.717, 1.165) is 58.8 Å². The van der Waals surface area contributed by atoms with Crippen molar-refractivity contribution in [3.8, 4) is 17.1 Å². The van der Waals surface area contributed by atoms with Crippen LogP contribution in [0.5, 0.6) is 0 Å². The lowest BCUT2D eigenvalue weighted by Crippen LogP contribution is -2.28. The van der Waals surface area contributed by atoms with Crippen LogP contribution in [0.15, 0.2) is 82.6 Å². The van der Waals surface area contributed by atoms with Gasteiger partial charge in [0.05, 0.1) is 11.8 Å². The number of hydrogen-bond donors (Lipinski definition) is 0. The second-order valence-electron chi connectivity index (χ2n) is 7.95. The molecule has 2 aromatic carbocycles. The third-order valence-corrected chi connectivity index (χ3v) is 6.95. The van der Waals surface area contributed by atoms with Crippen LogP contribution >= 0.6 is 11.8 Å². The van der Waals surface area contributed by atoms with Gasteiger partial charge in [0, 0.05) is 30.1 Å². The Morgan fingerprint density at radius 3 is 2.53 bits per heavy atom. The van der Waals surface area contributed by atoms with Crippen LogP contribution in [0.3, 0.4) is 0 Å². The van der Waals surface area contributed by atoms with Crippen LogP contribution in [-0.4, -0.2) is 44.4 Å². The molecule has 0 radical (unpaired) electrons. The van der Waals surface area contributed by atoms with Gasteiger partial charge in [-0.15, -0.1) is 10.2 Å². The number of likely N-dealkylation sites (tertiary alicyclic amines) is 1. The van der Waals surface area contributed by atoms with Gasteiger partial charge in [-0.1, -0.05) is 48.2 Å². The van der Waals surface area contributed by atoms with Crippen molar-refractivity contribution in [3.63, 3.8) is 0 Å². The number of carbonyl (C=O) groups is 1. The zero-order valence-electron chi connectivity index (χ0n) is 17.8. The molecule has 0 saturated carbocycles. The first kappa shape index (κ1) is 20.6. The van der Waals surface area contributed by atoms with E-state index in [1.165, 1.54) is 0 Å². The first-order valence-corrected chi connectivity index (χ1v) is 11.7. The van der Waals surface area contributed by atoms with Gasteiger partial charge in [-0.2, -0.15) is 0 Å². The molecule has 1 aliphatic rings. The van der Waals surface area contributed by atoms with Gasteiger partial charge >= 0.3 is 0 Å². The van der Waals surface area contributed by atoms with Crippen molar-refractivity contribution >= 4 is 17.7 Å². The number of carbonyl (C=O) groups excluding carboxylic acids is 1. The minimum Gasteiger partial charge on any atom is -0.469 e. The lowest BCUT2D eigenvalue weighted by Gasteiger charge is -2.16. The molecule has 1 atom stereocenters. The van der Waals surface area contributed by atoms with E-state index in [1.807, 2.05) is 66.4 Å². The van der Waals surface area contributed by atoms with Crippen molar-refractivity contribution in [2.75, 3.05) is 18.8 Å². The second-order valence-corrected chi connectivity index (χ2v) is 8.94. The Morgan fingerprint density at radius 2 is 1.81 bits per heavy atom. The van der Waals surface area contributed by atoms with Crippen molar-refractivity contribution in [1.29, 1.82) is 0 Å². The van der Waals surface area contributed by atoms with Crippen molar-refractivity contribution in [2.24, 2.45) is 5.92 Å². The summed E-state index contributed by atoms with van der Waals surface area (Å²) in [5, 5.41) is 9.84. The van der Waals surface area contributed by atoms with E-state index >= 15 is 0 Å². The maximum Gasteiger partial charge on any atom is 0.253 e. The molecule has 7 heteroatoms. The first-order valence-electron chi connectivity index (χ1n) is 10.7. The number of rotatable bonds is 6. The molecule has 4 aromatic rings. The molecular weight excluding hydrogens is 420 g/mol. The highest BCUT2D eigenvalue weighted by atomic mass is 32.2. The molecule has 5 rings (SSSR count). The number of thioether (sulfide) groups is 1. The summed E-state index contributed by atoms with van der Waals surface area (Å²) in [5.41, 5.74) is 2.71. The molecule has 0 aliphatic carbocycles. The van der Waals surface area contributed by atoms with Gasteiger partial charge in [0.1, 0.15) is 5.76 Å². The molecule has 1 aliphatic heterocycles. The van der Waals surface area contributed by atoms with Crippen LogP contribution < -0.4 is 0 Å². The van der Waals surface area contributed by atoms with Crippen molar-refractivity contribution in [2.45, 2.75) is 18.5 Å². The molecule has 0 spiro atoms. The highest BCUT2D eigenvalue weighted by molar-refractivity contribution is 7.99. The van der Waals surface area contributed by atoms with Gasteiger partial charge < -0.3 is 9.32 Å². The Bertz CT molecular complexity index is 1200. The van der Waals surface area contributed by atoms with E-state index in [0.29, 0.717) is 5.92 Å². The normalized spacial score (nSPS) is 15.9. The van der Waals surface area contributed by atoms with Crippen LogP contribution in [0.1, 0.15) is 22.5 Å². The van der Waals surface area contributed by atoms with Gasteiger partial charge in [0.2, 0.25) is 0 Å². The van der Waals surface area contributed by atoms with Crippen LogP contribution in [0.25, 0.3) is 17.1 Å². The zero-order chi connectivity index (χ0) is 21.9. The van der Waals surface area contributed by atoms with Crippen LogP contribution in [-0.2, 0) is 0 Å². The molecule has 1 saturated heterocycles. The van der Waals surface area contributed by atoms with Crippen molar-refractivity contribution in [1.82, 2.24) is 19.7 Å². The smallest absolute Gasteiger partial charge is 0.253 e. The van der Waals surface area contributed by atoms with E-state index < -0.39 is 0 Å². The van der Waals surface area contributed by atoms with Gasteiger partial charge in [0.15, 0.2) is 11.0 Å². The topological polar surface area (TPSA) is 64.2 Å². The molecule has 0 N–H and O–H groups in total. The fourth-order valence-electron chi connectivity index (χ4n) is 4.07. The molecule has 162 valence electrons. The quantitative estimate of drug-likeness (QED) is 0.388. The number of aryl methyl sites for hydroxylation is 1. The van der Waals surface area contributed by atoms with E-state index in [-0.39, 0.29) is 5.91 Å². The minimum absolute atomic E-state index is 0.114. The summed E-state index contributed by atoms with van der Waals surface area (Å²) in [6.07, 6.45) is 2.68. The van der Waals surface area contributed by atoms with Gasteiger partial charge in [-0.25, -0.2) is 0 Å². The van der Waals surface area contributed by atoms with Crippen molar-refractivity contribution < 1.29 is 9.21 Å². The SMILES string of the molecule is Cc1occc1-c1nnc(SCC2CCN(C(=O)c3ccccc3)C2)n1-c1ccccc1. The summed E-state index contributed by atoms with van der Waals surface area (Å²) in [7, 11) is 0. The fourth-order valence-corrected chi connectivity index (χ4v) is 5.15. The number of hydrogen-bond acceptors (Lipinski definition) is 5. The summed E-state index contributed by atoms with van der Waals surface area (Å²) in [5.74, 6) is 3.01. The highest BCUT2D eigenvalue weighted by Crippen LogP contribution is 2.32. The van der Waals surface area contributed by atoms with Gasteiger partial charge in [0.25, 0.3) is 5.91 Å². The average molecular weight is 445 g/mol. The van der Waals surface area contributed by atoms with Crippen LogP contribution in [0.4, 0.5) is 0 Å². The second kappa shape index (κ2) is 9.04. The lowest BCUT2D eigenvalue weighted by atomic mass is 10.1. The standard InChI is InChI=1S/C25H24N4O2S/c1-18-22(13-15-31-18)23-26-27-25(29(23)21-10-6-3-7-11-21)32-17-19-12-14-28(16-19)24(30)20-8-4-2-5-9-20/h2-11,13,15,19H,12,14,16-17H2,1H3. The van der Waals surface area contributed by atoms with Crippen molar-refractivity contribution in [3.05, 3.63) is 84.3 Å². The number of amides is 1. The molecule has 1 amide bonds. The fraction of sp³-hybridized carbons (Fsp3) is 0.240. The maximum absolute atomic E-state index is 12.8. The predicted octanol–water partition coefficient (Wildman–Crippen LogP) is 5.09. The summed E-state index contributed by atoms with van der Waals surface area (Å²) in [6, 6.07) is 21.6. The minimum atomic E-state index is 0.114. The monoisotopic (exact) mass is 444 g/mol. The third kappa shape index (κ3) is 4.08. The number of aromatic nitrogens is 3. The molecule has 0 bridgehead atoms. The molecule has 1 unspecified atom stereocenters. The summed E-state index contributed by atoms with van der Waals surface area (Å²) in [6.45, 7) is 3.50. The summed E-state index contributed by atoms with van der Waals surface area (Å²) in [4.78, 5) is 14.7. The Labute approximate surface area is 191 Å². The van der Waals surface area contributed by atoms with E-state index in [1.54, 1.807) is 18.0 Å². The predicted molar refractivity (Wildman–Crippen MR) is 125 cm³/mol. The molecule has 1 fully saturated rings. The molecule has 6 nitrogen and oxygen atoms in total. The largest absolute Gasteiger partial charge is 0.469 e. The number of benzene rings is 2. The van der Waals surface area contributed by atoms with Crippen LogP contribution in [0.2, 0.25) is 0 Å². The Morgan fingerprint density at radius 1 is 1.06 bits per heavy atom.